The van der Waals surface area contributed by atoms with E-state index < -0.39 is 11.3 Å². The third kappa shape index (κ3) is 2.87. The molecule has 2 aromatic rings. The Bertz CT molecular complexity index is 885. The second-order valence-electron chi connectivity index (χ2n) is 5.93. The molecule has 1 saturated heterocycles. The number of aryl methyl sites for hydroxylation is 1. The maximum atomic E-state index is 12.7. The number of primary amides is 1. The van der Waals surface area contributed by atoms with E-state index in [1.807, 2.05) is 0 Å². The monoisotopic (exact) mass is 348 g/mol. The van der Waals surface area contributed by atoms with Crippen molar-refractivity contribution in [3.8, 4) is 0 Å². The molecule has 0 unspecified atom stereocenters. The molecule has 7 nitrogen and oxygen atoms in total. The van der Waals surface area contributed by atoms with Gasteiger partial charge in [0.2, 0.25) is 11.3 Å². The number of piperidine rings is 1. The van der Waals surface area contributed by atoms with Crippen molar-refractivity contribution in [2.45, 2.75) is 12.8 Å². The summed E-state index contributed by atoms with van der Waals surface area (Å²) in [6.45, 7) is 0.760. The molecular formula is C16H17ClN4O3. The fourth-order valence-electron chi connectivity index (χ4n) is 3.01. The van der Waals surface area contributed by atoms with E-state index in [0.29, 0.717) is 41.9 Å². The van der Waals surface area contributed by atoms with Gasteiger partial charge in [-0.25, -0.2) is 0 Å². The highest BCUT2D eigenvalue weighted by atomic mass is 35.5. The van der Waals surface area contributed by atoms with Gasteiger partial charge in [-0.1, -0.05) is 11.6 Å². The standard InChI is InChI=1S/C16H17ClN4O3/c1-20-12-3-2-10(17)8-11(12)14(22)13(19-20)16(24)21-6-4-9(5-7-21)15(18)23/h2-3,8-9H,4-7H2,1H3,(H2,18,23). The predicted octanol–water partition coefficient (Wildman–Crippen LogP) is 0.924. The van der Waals surface area contributed by atoms with Gasteiger partial charge in [0.05, 0.1) is 10.9 Å². The van der Waals surface area contributed by atoms with Crippen LogP contribution < -0.4 is 11.2 Å². The minimum absolute atomic E-state index is 0.134. The molecule has 0 saturated carbocycles. The fourth-order valence-corrected chi connectivity index (χ4v) is 3.18. The molecule has 3 rings (SSSR count). The number of aromatic nitrogens is 2. The quantitative estimate of drug-likeness (QED) is 0.872. The van der Waals surface area contributed by atoms with Crippen molar-refractivity contribution < 1.29 is 9.59 Å². The van der Waals surface area contributed by atoms with Crippen LogP contribution in [0.15, 0.2) is 23.0 Å². The molecule has 0 aliphatic carbocycles. The average Bonchev–Trinajstić information content (AvgIpc) is 2.57. The molecule has 24 heavy (non-hydrogen) atoms. The Morgan fingerprint density at radius 3 is 2.58 bits per heavy atom. The van der Waals surface area contributed by atoms with Gasteiger partial charge < -0.3 is 10.6 Å². The number of hydrogen-bond donors (Lipinski definition) is 1. The summed E-state index contributed by atoms with van der Waals surface area (Å²) in [6.07, 6.45) is 1.00. The molecule has 2 amide bonds. The van der Waals surface area contributed by atoms with E-state index >= 15 is 0 Å². The van der Waals surface area contributed by atoms with Gasteiger partial charge >= 0.3 is 0 Å². The summed E-state index contributed by atoms with van der Waals surface area (Å²) in [5, 5.41) is 4.92. The minimum atomic E-state index is -0.437. The summed E-state index contributed by atoms with van der Waals surface area (Å²) in [5.74, 6) is -1.00. The molecular weight excluding hydrogens is 332 g/mol. The van der Waals surface area contributed by atoms with E-state index in [9.17, 15) is 14.4 Å². The Hall–Kier alpha value is -2.41. The van der Waals surface area contributed by atoms with Crippen molar-refractivity contribution in [3.05, 3.63) is 39.1 Å². The highest BCUT2D eigenvalue weighted by Crippen LogP contribution is 2.19. The highest BCUT2D eigenvalue weighted by molar-refractivity contribution is 6.31. The molecule has 0 atom stereocenters. The number of benzene rings is 1. The van der Waals surface area contributed by atoms with Gasteiger partial charge in [-0.05, 0) is 31.0 Å². The van der Waals surface area contributed by atoms with Gasteiger partial charge in [0.15, 0.2) is 5.69 Å². The maximum Gasteiger partial charge on any atom is 0.278 e. The number of hydrogen-bond acceptors (Lipinski definition) is 4. The fraction of sp³-hybridized carbons (Fsp3) is 0.375. The third-order valence-corrected chi connectivity index (χ3v) is 4.64. The van der Waals surface area contributed by atoms with Crippen molar-refractivity contribution in [2.24, 2.45) is 18.7 Å². The molecule has 8 heteroatoms. The Morgan fingerprint density at radius 2 is 1.96 bits per heavy atom. The molecule has 126 valence electrons. The largest absolute Gasteiger partial charge is 0.369 e. The van der Waals surface area contributed by atoms with Crippen molar-refractivity contribution in [2.75, 3.05) is 13.1 Å². The van der Waals surface area contributed by atoms with E-state index in [2.05, 4.69) is 5.10 Å². The summed E-state index contributed by atoms with van der Waals surface area (Å²) in [6, 6.07) is 4.90. The average molecular weight is 349 g/mol. The lowest BCUT2D eigenvalue weighted by molar-refractivity contribution is -0.123. The molecule has 1 aromatic carbocycles. The first kappa shape index (κ1) is 16.4. The first-order valence-corrected chi connectivity index (χ1v) is 8.01. The molecule has 2 heterocycles. The first-order chi connectivity index (χ1) is 11.4. The van der Waals surface area contributed by atoms with Gasteiger partial charge in [-0.2, -0.15) is 5.10 Å². The van der Waals surface area contributed by atoms with Crippen molar-refractivity contribution in [1.29, 1.82) is 0 Å². The zero-order valence-electron chi connectivity index (χ0n) is 13.2. The van der Waals surface area contributed by atoms with Crippen molar-refractivity contribution >= 4 is 34.3 Å². The van der Waals surface area contributed by atoms with Crippen LogP contribution >= 0.6 is 11.6 Å². The van der Waals surface area contributed by atoms with E-state index in [1.54, 1.807) is 24.1 Å². The van der Waals surface area contributed by atoms with Crippen LogP contribution in [0.4, 0.5) is 0 Å². The Kier molecular flexibility index (Phi) is 4.28. The number of fused-ring (bicyclic) bond motifs is 1. The summed E-state index contributed by atoms with van der Waals surface area (Å²) in [4.78, 5) is 38.1. The van der Waals surface area contributed by atoms with Gasteiger partial charge in [0.1, 0.15) is 0 Å². The lowest BCUT2D eigenvalue weighted by Crippen LogP contribution is -2.43. The van der Waals surface area contributed by atoms with Gasteiger partial charge in [-0.15, -0.1) is 0 Å². The van der Waals surface area contributed by atoms with Gasteiger partial charge in [0, 0.05) is 31.1 Å². The van der Waals surface area contributed by atoms with E-state index in [4.69, 9.17) is 17.3 Å². The Balaban J connectivity index is 1.95. The normalized spacial score (nSPS) is 15.7. The zero-order chi connectivity index (χ0) is 17.4. The number of carbonyl (C=O) groups is 2. The number of halogens is 1. The molecule has 1 aliphatic rings. The molecule has 2 N–H and O–H groups in total. The summed E-state index contributed by atoms with van der Waals surface area (Å²) >= 11 is 5.96. The minimum Gasteiger partial charge on any atom is -0.369 e. The number of nitrogens with two attached hydrogens (primary N) is 1. The second kappa shape index (κ2) is 6.24. The zero-order valence-corrected chi connectivity index (χ0v) is 13.9. The van der Waals surface area contributed by atoms with Crippen molar-refractivity contribution in [1.82, 2.24) is 14.7 Å². The SMILES string of the molecule is Cn1nc(C(=O)N2CCC(C(N)=O)CC2)c(=O)c2cc(Cl)ccc21. The topological polar surface area (TPSA) is 98.3 Å². The number of amides is 2. The summed E-state index contributed by atoms with van der Waals surface area (Å²) in [5.41, 5.74) is 5.33. The lowest BCUT2D eigenvalue weighted by Gasteiger charge is -2.30. The summed E-state index contributed by atoms with van der Waals surface area (Å²) in [7, 11) is 1.67. The van der Waals surface area contributed by atoms with Crippen LogP contribution in [0.5, 0.6) is 0 Å². The van der Waals surface area contributed by atoms with E-state index in [0.717, 1.165) is 0 Å². The highest BCUT2D eigenvalue weighted by Gasteiger charge is 2.29. The number of rotatable bonds is 2. The van der Waals surface area contributed by atoms with Crippen LogP contribution in [0.2, 0.25) is 5.02 Å². The van der Waals surface area contributed by atoms with E-state index in [-0.39, 0.29) is 17.5 Å². The van der Waals surface area contributed by atoms with Crippen LogP contribution in [0.25, 0.3) is 10.9 Å². The number of carbonyl (C=O) groups excluding carboxylic acids is 2. The van der Waals surface area contributed by atoms with E-state index in [1.165, 1.54) is 10.7 Å². The van der Waals surface area contributed by atoms with Gasteiger partial charge in [-0.3, -0.25) is 19.1 Å². The molecule has 0 bridgehead atoms. The summed E-state index contributed by atoms with van der Waals surface area (Å²) < 4.78 is 1.50. The molecule has 1 aromatic heterocycles. The second-order valence-corrected chi connectivity index (χ2v) is 6.37. The van der Waals surface area contributed by atoms with Crippen LogP contribution in [-0.4, -0.2) is 39.6 Å². The van der Waals surface area contributed by atoms with Gasteiger partial charge in [0.25, 0.3) is 5.91 Å². The van der Waals surface area contributed by atoms with Crippen LogP contribution in [-0.2, 0) is 11.8 Å². The molecule has 0 radical (unpaired) electrons. The molecule has 0 spiro atoms. The van der Waals surface area contributed by atoms with Crippen LogP contribution in [0.1, 0.15) is 23.3 Å². The number of nitrogens with zero attached hydrogens (tertiary/aromatic N) is 3. The smallest absolute Gasteiger partial charge is 0.278 e. The Labute approximate surface area is 143 Å². The van der Waals surface area contributed by atoms with Crippen molar-refractivity contribution in [3.63, 3.8) is 0 Å². The van der Waals surface area contributed by atoms with Crippen LogP contribution in [0, 0.1) is 5.92 Å². The predicted molar refractivity (Wildman–Crippen MR) is 89.8 cm³/mol. The lowest BCUT2D eigenvalue weighted by atomic mass is 9.96. The Morgan fingerprint density at radius 1 is 1.29 bits per heavy atom. The molecule has 1 fully saturated rings. The first-order valence-electron chi connectivity index (χ1n) is 7.63. The number of likely N-dealkylation sites (tertiary alicyclic amines) is 1. The third-order valence-electron chi connectivity index (χ3n) is 4.40. The maximum absolute atomic E-state index is 12.7. The van der Waals surface area contributed by atoms with Crippen LogP contribution in [0.3, 0.4) is 0 Å². The molecule has 1 aliphatic heterocycles.